The second-order valence-electron chi connectivity index (χ2n) is 4.28. The summed E-state index contributed by atoms with van der Waals surface area (Å²) in [6.45, 7) is -0.477. The van der Waals surface area contributed by atoms with Gasteiger partial charge in [-0.15, -0.1) is 0 Å². The highest BCUT2D eigenvalue weighted by Crippen LogP contribution is 2.33. The fraction of sp³-hybridized carbons (Fsp3) is 0.600. The lowest BCUT2D eigenvalue weighted by Gasteiger charge is -2.16. The van der Waals surface area contributed by atoms with Crippen molar-refractivity contribution in [2.24, 2.45) is 7.05 Å². The predicted octanol–water partition coefficient (Wildman–Crippen LogP) is -2.17. The molecule has 0 bridgehead atoms. The predicted molar refractivity (Wildman–Crippen MR) is 71.7 cm³/mol. The molecular formula is C10H13IN2O6. The number of nitrogens with one attached hydrogen (secondary N) is 1. The molecule has 0 amide bonds. The van der Waals surface area contributed by atoms with Crippen LogP contribution >= 0.6 is 22.6 Å². The van der Waals surface area contributed by atoms with Crippen LogP contribution in [0.2, 0.25) is 0 Å². The van der Waals surface area contributed by atoms with Crippen molar-refractivity contribution in [1.82, 2.24) is 9.55 Å². The summed E-state index contributed by atoms with van der Waals surface area (Å²) in [6, 6.07) is 0. The van der Waals surface area contributed by atoms with Gasteiger partial charge in [0.1, 0.15) is 24.4 Å². The van der Waals surface area contributed by atoms with Crippen molar-refractivity contribution in [3.63, 3.8) is 0 Å². The van der Waals surface area contributed by atoms with Crippen molar-refractivity contribution in [2.75, 3.05) is 6.61 Å². The number of rotatable bonds is 2. The molecule has 1 aliphatic rings. The molecule has 2 heterocycles. The summed E-state index contributed by atoms with van der Waals surface area (Å²) >= 11 is 1.79. The lowest BCUT2D eigenvalue weighted by atomic mass is 10.0. The van der Waals surface area contributed by atoms with E-state index in [1.165, 1.54) is 11.6 Å². The molecule has 0 radical (unpaired) electrons. The zero-order chi connectivity index (χ0) is 14.3. The fourth-order valence-corrected chi connectivity index (χ4v) is 2.77. The normalized spacial score (nSPS) is 30.8. The Morgan fingerprint density at radius 1 is 1.37 bits per heavy atom. The van der Waals surface area contributed by atoms with Gasteiger partial charge in [-0.25, -0.2) is 4.79 Å². The molecule has 4 N–H and O–H groups in total. The Kier molecular flexibility index (Phi) is 4.11. The van der Waals surface area contributed by atoms with Gasteiger partial charge in [0.25, 0.3) is 5.56 Å². The highest BCUT2D eigenvalue weighted by Gasteiger charge is 2.45. The van der Waals surface area contributed by atoms with Gasteiger partial charge >= 0.3 is 5.69 Å². The zero-order valence-electron chi connectivity index (χ0n) is 9.91. The summed E-state index contributed by atoms with van der Waals surface area (Å²) in [4.78, 5) is 25.3. The second-order valence-corrected chi connectivity index (χ2v) is 5.30. The molecule has 1 aromatic rings. The lowest BCUT2D eigenvalue weighted by molar-refractivity contribution is -0.0236. The topological polar surface area (TPSA) is 125 Å². The summed E-state index contributed by atoms with van der Waals surface area (Å²) in [5, 5.41) is 28.6. The van der Waals surface area contributed by atoms with Crippen molar-refractivity contribution in [3.8, 4) is 0 Å². The summed E-state index contributed by atoms with van der Waals surface area (Å²) in [7, 11) is 1.46. The SMILES string of the molecule is Cn1c(I)c([C@@H]2O[C@H](CO)[C@@H](O)[C@H]2O)c(=O)[nH]c1=O. The molecule has 2 rings (SSSR count). The number of halogens is 1. The van der Waals surface area contributed by atoms with E-state index in [-0.39, 0.29) is 5.56 Å². The highest BCUT2D eigenvalue weighted by atomic mass is 127. The summed E-state index contributed by atoms with van der Waals surface area (Å²) in [5.41, 5.74) is -1.20. The molecule has 8 nitrogen and oxygen atoms in total. The first-order chi connectivity index (χ1) is 8.88. The zero-order valence-corrected chi connectivity index (χ0v) is 12.1. The average molecular weight is 384 g/mol. The minimum atomic E-state index is -1.34. The van der Waals surface area contributed by atoms with Gasteiger partial charge in [-0.2, -0.15) is 0 Å². The first-order valence-corrected chi connectivity index (χ1v) is 6.57. The van der Waals surface area contributed by atoms with Gasteiger partial charge in [0, 0.05) is 7.05 Å². The van der Waals surface area contributed by atoms with E-state index in [4.69, 9.17) is 9.84 Å². The third-order valence-corrected chi connectivity index (χ3v) is 4.42. The molecule has 0 spiro atoms. The van der Waals surface area contributed by atoms with E-state index < -0.39 is 42.3 Å². The number of nitrogens with zero attached hydrogens (tertiary/aromatic N) is 1. The Labute approximate surface area is 120 Å². The van der Waals surface area contributed by atoms with Crippen LogP contribution < -0.4 is 11.2 Å². The van der Waals surface area contributed by atoms with Crippen LogP contribution in [-0.4, -0.2) is 49.8 Å². The molecule has 0 saturated carbocycles. The fourth-order valence-electron chi connectivity index (χ4n) is 2.00. The van der Waals surface area contributed by atoms with E-state index in [0.29, 0.717) is 3.70 Å². The Bertz CT molecular complexity index is 597. The van der Waals surface area contributed by atoms with Gasteiger partial charge in [-0.1, -0.05) is 0 Å². The summed E-state index contributed by atoms with van der Waals surface area (Å²) in [6.07, 6.45) is -4.69. The molecule has 0 aliphatic carbocycles. The van der Waals surface area contributed by atoms with Crippen LogP contribution in [0, 0.1) is 3.70 Å². The Morgan fingerprint density at radius 2 is 2.00 bits per heavy atom. The van der Waals surface area contributed by atoms with E-state index in [1.807, 2.05) is 0 Å². The van der Waals surface area contributed by atoms with Crippen LogP contribution in [0.15, 0.2) is 9.59 Å². The van der Waals surface area contributed by atoms with E-state index >= 15 is 0 Å². The van der Waals surface area contributed by atoms with Crippen LogP contribution in [0.25, 0.3) is 0 Å². The maximum Gasteiger partial charge on any atom is 0.328 e. The standard InChI is InChI=1S/C10H13IN2O6/c1-13-8(11)4(9(17)12-10(13)18)7-6(16)5(15)3(2-14)19-7/h3,5-7,14-16H,2H2,1H3,(H,12,17,18)/t3-,5-,6-,7+/m1/s1. The Morgan fingerprint density at radius 3 is 2.53 bits per heavy atom. The van der Waals surface area contributed by atoms with E-state index in [0.717, 1.165) is 0 Å². The molecule has 9 heteroatoms. The largest absolute Gasteiger partial charge is 0.394 e. The summed E-state index contributed by atoms with van der Waals surface area (Å²) < 4.78 is 6.79. The Hall–Kier alpha value is -0.750. The molecule has 1 aromatic heterocycles. The van der Waals surface area contributed by atoms with Crippen molar-refractivity contribution >= 4 is 22.6 Å². The number of ether oxygens (including phenoxy) is 1. The molecule has 4 atom stereocenters. The minimum Gasteiger partial charge on any atom is -0.394 e. The number of hydrogen-bond acceptors (Lipinski definition) is 6. The van der Waals surface area contributed by atoms with Crippen LogP contribution in [0.5, 0.6) is 0 Å². The van der Waals surface area contributed by atoms with E-state index in [2.05, 4.69) is 4.98 Å². The minimum absolute atomic E-state index is 0.0604. The lowest BCUT2D eigenvalue weighted by Crippen LogP contribution is -2.37. The van der Waals surface area contributed by atoms with E-state index in [9.17, 15) is 19.8 Å². The quantitative estimate of drug-likeness (QED) is 0.340. The summed E-state index contributed by atoms with van der Waals surface area (Å²) in [5.74, 6) is 0. The molecule has 19 heavy (non-hydrogen) atoms. The third kappa shape index (κ3) is 2.36. The van der Waals surface area contributed by atoms with Crippen LogP contribution in [0.4, 0.5) is 0 Å². The van der Waals surface area contributed by atoms with Crippen LogP contribution in [0.1, 0.15) is 11.7 Å². The molecule has 0 unspecified atom stereocenters. The number of aliphatic hydroxyl groups excluding tert-OH is 3. The first-order valence-electron chi connectivity index (χ1n) is 5.49. The van der Waals surface area contributed by atoms with Crippen molar-refractivity contribution in [1.29, 1.82) is 0 Å². The molecular weight excluding hydrogens is 371 g/mol. The number of aromatic amines is 1. The maximum atomic E-state index is 11.8. The smallest absolute Gasteiger partial charge is 0.328 e. The van der Waals surface area contributed by atoms with Gasteiger partial charge in [-0.05, 0) is 22.6 Å². The molecule has 1 aliphatic heterocycles. The monoisotopic (exact) mass is 384 g/mol. The van der Waals surface area contributed by atoms with Gasteiger partial charge in [-0.3, -0.25) is 14.3 Å². The molecule has 0 aromatic carbocycles. The first kappa shape index (κ1) is 14.7. The van der Waals surface area contributed by atoms with Crippen LogP contribution in [0.3, 0.4) is 0 Å². The van der Waals surface area contributed by atoms with Crippen molar-refractivity contribution in [2.45, 2.75) is 24.4 Å². The Balaban J connectivity index is 2.52. The number of hydrogen-bond donors (Lipinski definition) is 4. The van der Waals surface area contributed by atoms with Crippen molar-refractivity contribution in [3.05, 3.63) is 30.1 Å². The van der Waals surface area contributed by atoms with Gasteiger partial charge in [0.2, 0.25) is 0 Å². The molecule has 1 fully saturated rings. The second kappa shape index (κ2) is 5.32. The van der Waals surface area contributed by atoms with E-state index in [1.54, 1.807) is 22.6 Å². The van der Waals surface area contributed by atoms with Crippen LogP contribution in [-0.2, 0) is 11.8 Å². The number of aliphatic hydroxyl groups is 3. The van der Waals surface area contributed by atoms with Gasteiger partial charge in [0.05, 0.1) is 15.9 Å². The van der Waals surface area contributed by atoms with Crippen molar-refractivity contribution < 1.29 is 20.1 Å². The number of aromatic nitrogens is 2. The molecule has 106 valence electrons. The molecule has 1 saturated heterocycles. The average Bonchev–Trinajstić information content (AvgIpc) is 2.64. The maximum absolute atomic E-state index is 11.8. The third-order valence-electron chi connectivity index (χ3n) is 3.11. The van der Waals surface area contributed by atoms with Gasteiger partial charge in [0.15, 0.2) is 0 Å². The number of H-pyrrole nitrogens is 1. The van der Waals surface area contributed by atoms with Gasteiger partial charge < -0.3 is 20.1 Å². The highest BCUT2D eigenvalue weighted by molar-refractivity contribution is 14.1.